The molecule has 2 aromatic carbocycles. The summed E-state index contributed by atoms with van der Waals surface area (Å²) < 4.78 is 2.00. The Labute approximate surface area is 185 Å². The van der Waals surface area contributed by atoms with E-state index in [1.54, 1.807) is 0 Å². The van der Waals surface area contributed by atoms with Crippen LogP contribution in [-0.4, -0.2) is 56.6 Å². The molecular weight excluding hydrogens is 412 g/mol. The van der Waals surface area contributed by atoms with Crippen LogP contribution >= 0.6 is 11.6 Å². The van der Waals surface area contributed by atoms with Crippen molar-refractivity contribution in [2.75, 3.05) is 31.1 Å². The first kappa shape index (κ1) is 19.8. The SMILES string of the molecule is Cc1ccccc1C(=O)N1CCCN(c2nc3cc(Cl)ccc3c3nnc(C)n23)CC1. The van der Waals surface area contributed by atoms with Crippen LogP contribution in [0.15, 0.2) is 42.5 Å². The van der Waals surface area contributed by atoms with E-state index in [1.165, 1.54) is 0 Å². The van der Waals surface area contributed by atoms with Gasteiger partial charge in [0.15, 0.2) is 5.65 Å². The molecule has 158 valence electrons. The minimum atomic E-state index is 0.0869. The number of rotatable bonds is 2. The Morgan fingerprint density at radius 3 is 2.68 bits per heavy atom. The molecule has 1 fully saturated rings. The highest BCUT2D eigenvalue weighted by atomic mass is 35.5. The molecule has 0 radical (unpaired) electrons. The highest BCUT2D eigenvalue weighted by Gasteiger charge is 2.24. The van der Waals surface area contributed by atoms with Crippen molar-refractivity contribution in [2.45, 2.75) is 20.3 Å². The molecule has 7 nitrogen and oxygen atoms in total. The van der Waals surface area contributed by atoms with Gasteiger partial charge in [-0.15, -0.1) is 10.2 Å². The smallest absolute Gasteiger partial charge is 0.254 e. The first-order chi connectivity index (χ1) is 15.0. The number of fused-ring (bicyclic) bond motifs is 3. The third kappa shape index (κ3) is 3.49. The van der Waals surface area contributed by atoms with Crippen LogP contribution in [0.5, 0.6) is 0 Å². The van der Waals surface area contributed by atoms with Gasteiger partial charge in [0.05, 0.1) is 5.52 Å². The highest BCUT2D eigenvalue weighted by Crippen LogP contribution is 2.27. The predicted molar refractivity (Wildman–Crippen MR) is 122 cm³/mol. The van der Waals surface area contributed by atoms with Gasteiger partial charge in [0, 0.05) is 42.2 Å². The number of hydrogen-bond acceptors (Lipinski definition) is 5. The van der Waals surface area contributed by atoms with Crippen LogP contribution < -0.4 is 4.90 Å². The van der Waals surface area contributed by atoms with E-state index in [0.29, 0.717) is 24.7 Å². The van der Waals surface area contributed by atoms with Gasteiger partial charge in [0.25, 0.3) is 5.91 Å². The lowest BCUT2D eigenvalue weighted by molar-refractivity contribution is 0.0766. The largest absolute Gasteiger partial charge is 0.340 e. The van der Waals surface area contributed by atoms with Gasteiger partial charge in [-0.2, -0.15) is 0 Å². The summed E-state index contributed by atoms with van der Waals surface area (Å²) in [5, 5.41) is 10.2. The monoisotopic (exact) mass is 434 g/mol. The van der Waals surface area contributed by atoms with E-state index in [2.05, 4.69) is 15.1 Å². The van der Waals surface area contributed by atoms with Crippen molar-refractivity contribution >= 4 is 40.0 Å². The van der Waals surface area contributed by atoms with E-state index in [1.807, 2.05) is 65.6 Å². The van der Waals surface area contributed by atoms with Crippen molar-refractivity contribution < 1.29 is 4.79 Å². The standard InChI is InChI=1S/C23H23ClN6O/c1-15-6-3-4-7-18(15)22(31)28-10-5-11-29(13-12-28)23-25-20-14-17(24)8-9-19(20)21-27-26-16(2)30(21)23/h3-4,6-9,14H,5,10-13H2,1-2H3. The lowest BCUT2D eigenvalue weighted by Gasteiger charge is -2.24. The molecule has 1 amide bonds. The average Bonchev–Trinajstić information content (AvgIpc) is 2.99. The average molecular weight is 435 g/mol. The van der Waals surface area contributed by atoms with Gasteiger partial charge >= 0.3 is 0 Å². The van der Waals surface area contributed by atoms with Crippen LogP contribution in [-0.2, 0) is 0 Å². The maximum Gasteiger partial charge on any atom is 0.254 e. The fourth-order valence-corrected chi connectivity index (χ4v) is 4.40. The van der Waals surface area contributed by atoms with Crippen molar-refractivity contribution in [1.29, 1.82) is 0 Å². The molecule has 0 saturated carbocycles. The van der Waals surface area contributed by atoms with Crippen molar-refractivity contribution in [3.8, 4) is 0 Å². The van der Waals surface area contributed by atoms with Gasteiger partial charge in [0.2, 0.25) is 5.95 Å². The Morgan fingerprint density at radius 1 is 1.00 bits per heavy atom. The second kappa shape index (κ2) is 7.81. The predicted octanol–water partition coefficient (Wildman–Crippen LogP) is 3.90. The van der Waals surface area contributed by atoms with Gasteiger partial charge in [-0.1, -0.05) is 29.8 Å². The molecule has 0 bridgehead atoms. The molecule has 1 aliphatic rings. The van der Waals surface area contributed by atoms with E-state index in [-0.39, 0.29) is 5.91 Å². The number of aryl methyl sites for hydroxylation is 2. The Bertz CT molecular complexity index is 1300. The van der Waals surface area contributed by atoms with Crippen LogP contribution in [0.3, 0.4) is 0 Å². The number of carbonyl (C=O) groups is 1. The lowest BCUT2D eigenvalue weighted by Crippen LogP contribution is -2.36. The Morgan fingerprint density at radius 2 is 1.84 bits per heavy atom. The number of carbonyl (C=O) groups excluding carboxylic acids is 1. The zero-order valence-corrected chi connectivity index (χ0v) is 18.3. The Balaban J connectivity index is 1.49. The minimum Gasteiger partial charge on any atom is -0.340 e. The van der Waals surface area contributed by atoms with Crippen LogP contribution in [0.1, 0.15) is 28.2 Å². The molecule has 2 aromatic heterocycles. The van der Waals surface area contributed by atoms with Gasteiger partial charge < -0.3 is 9.80 Å². The van der Waals surface area contributed by atoms with Crippen molar-refractivity contribution in [1.82, 2.24) is 24.5 Å². The van der Waals surface area contributed by atoms with E-state index in [0.717, 1.165) is 52.4 Å². The molecule has 31 heavy (non-hydrogen) atoms. The number of nitrogens with zero attached hydrogens (tertiary/aromatic N) is 6. The summed E-state index contributed by atoms with van der Waals surface area (Å²) in [6, 6.07) is 13.4. The van der Waals surface area contributed by atoms with Crippen molar-refractivity contribution in [2.24, 2.45) is 0 Å². The molecule has 4 aromatic rings. The lowest BCUT2D eigenvalue weighted by atomic mass is 10.1. The second-order valence-corrected chi connectivity index (χ2v) is 8.36. The van der Waals surface area contributed by atoms with Crippen molar-refractivity contribution in [3.05, 3.63) is 64.4 Å². The molecule has 1 aliphatic heterocycles. The summed E-state index contributed by atoms with van der Waals surface area (Å²) in [6.07, 6.45) is 0.857. The Hall–Kier alpha value is -3.19. The third-order valence-electron chi connectivity index (χ3n) is 5.89. The summed E-state index contributed by atoms with van der Waals surface area (Å²) >= 11 is 6.22. The number of halogens is 1. The van der Waals surface area contributed by atoms with Gasteiger partial charge in [-0.25, -0.2) is 9.38 Å². The number of hydrogen-bond donors (Lipinski definition) is 0. The molecule has 8 heteroatoms. The molecule has 1 saturated heterocycles. The molecule has 0 atom stereocenters. The van der Waals surface area contributed by atoms with Crippen molar-refractivity contribution in [3.63, 3.8) is 0 Å². The van der Waals surface area contributed by atoms with Crippen LogP contribution in [0.2, 0.25) is 5.02 Å². The van der Waals surface area contributed by atoms with Crippen LogP contribution in [0.4, 0.5) is 5.95 Å². The maximum absolute atomic E-state index is 13.1. The van der Waals surface area contributed by atoms with E-state index >= 15 is 0 Å². The highest BCUT2D eigenvalue weighted by molar-refractivity contribution is 6.31. The molecule has 0 unspecified atom stereocenters. The molecule has 5 rings (SSSR count). The van der Waals surface area contributed by atoms with Crippen LogP contribution in [0.25, 0.3) is 16.6 Å². The summed E-state index contributed by atoms with van der Waals surface area (Å²) in [7, 11) is 0. The summed E-state index contributed by atoms with van der Waals surface area (Å²) in [5.74, 6) is 1.66. The fourth-order valence-electron chi connectivity index (χ4n) is 4.24. The molecule has 0 N–H and O–H groups in total. The topological polar surface area (TPSA) is 66.6 Å². The van der Waals surface area contributed by atoms with Gasteiger partial charge in [0.1, 0.15) is 5.82 Å². The number of anilines is 1. The number of amides is 1. The second-order valence-electron chi connectivity index (χ2n) is 7.93. The molecule has 0 spiro atoms. The molecule has 0 aliphatic carbocycles. The summed E-state index contributed by atoms with van der Waals surface area (Å²) in [5.41, 5.74) is 3.33. The molecule has 3 heterocycles. The minimum absolute atomic E-state index is 0.0869. The van der Waals surface area contributed by atoms with E-state index in [4.69, 9.17) is 16.6 Å². The number of benzene rings is 2. The fraction of sp³-hybridized carbons (Fsp3) is 0.304. The first-order valence-electron chi connectivity index (χ1n) is 10.4. The first-order valence-corrected chi connectivity index (χ1v) is 10.8. The zero-order valence-electron chi connectivity index (χ0n) is 17.5. The molecular formula is C23H23ClN6O. The Kier molecular flexibility index (Phi) is 4.98. The maximum atomic E-state index is 13.1. The van der Waals surface area contributed by atoms with E-state index < -0.39 is 0 Å². The van der Waals surface area contributed by atoms with Crippen LogP contribution in [0, 0.1) is 13.8 Å². The van der Waals surface area contributed by atoms with Gasteiger partial charge in [-0.05, 0) is 50.1 Å². The normalized spacial score (nSPS) is 14.9. The third-order valence-corrected chi connectivity index (χ3v) is 6.12. The quantitative estimate of drug-likeness (QED) is 0.478. The summed E-state index contributed by atoms with van der Waals surface area (Å²) in [4.78, 5) is 22.2. The zero-order chi connectivity index (χ0) is 21.5. The summed E-state index contributed by atoms with van der Waals surface area (Å²) in [6.45, 7) is 6.73. The van der Waals surface area contributed by atoms with E-state index in [9.17, 15) is 4.79 Å². The number of aromatic nitrogens is 4. The van der Waals surface area contributed by atoms with Gasteiger partial charge in [-0.3, -0.25) is 4.79 Å².